The van der Waals surface area contributed by atoms with Crippen LogP contribution in [0, 0.1) is 5.92 Å². The second-order valence-corrected chi connectivity index (χ2v) is 7.48. The van der Waals surface area contributed by atoms with Crippen molar-refractivity contribution in [2.45, 2.75) is 38.6 Å². The summed E-state index contributed by atoms with van der Waals surface area (Å²) >= 11 is 4.15. The lowest BCUT2D eigenvalue weighted by Gasteiger charge is -2.26. The number of amides is 1. The standard InChI is InChI=1S/C21H32N2O3S/c1-16-3-7-18(8-4-16)23-21(24)10-6-17-5-9-19(20(15-17)25-2)26-13-11-22-12-14-27/h5-6,9-10,15-16,18,22,27H,3-4,7-8,11-14H2,1-2H3,(H,23,24)/b10-6+. The molecule has 2 N–H and O–H groups in total. The van der Waals surface area contributed by atoms with E-state index in [0.29, 0.717) is 24.1 Å². The van der Waals surface area contributed by atoms with E-state index in [2.05, 4.69) is 30.2 Å². The lowest BCUT2D eigenvalue weighted by molar-refractivity contribution is -0.117. The van der Waals surface area contributed by atoms with Crippen molar-refractivity contribution >= 4 is 24.6 Å². The van der Waals surface area contributed by atoms with Crippen molar-refractivity contribution in [1.82, 2.24) is 10.6 Å². The molecule has 1 amide bonds. The van der Waals surface area contributed by atoms with Crippen molar-refractivity contribution in [2.75, 3.05) is 32.6 Å². The maximum Gasteiger partial charge on any atom is 0.244 e. The third kappa shape index (κ3) is 7.85. The van der Waals surface area contributed by atoms with Crippen molar-refractivity contribution < 1.29 is 14.3 Å². The van der Waals surface area contributed by atoms with Gasteiger partial charge in [-0.05, 0) is 55.4 Å². The maximum absolute atomic E-state index is 12.1. The Balaban J connectivity index is 1.84. The fourth-order valence-electron chi connectivity index (χ4n) is 3.17. The summed E-state index contributed by atoms with van der Waals surface area (Å²) in [5.74, 6) is 2.90. The van der Waals surface area contributed by atoms with E-state index in [4.69, 9.17) is 9.47 Å². The number of benzene rings is 1. The summed E-state index contributed by atoms with van der Waals surface area (Å²) in [4.78, 5) is 12.1. The molecule has 5 nitrogen and oxygen atoms in total. The molecular weight excluding hydrogens is 360 g/mol. The van der Waals surface area contributed by atoms with Gasteiger partial charge in [0.1, 0.15) is 6.61 Å². The minimum absolute atomic E-state index is 0.0379. The molecule has 0 aromatic heterocycles. The van der Waals surface area contributed by atoms with Gasteiger partial charge in [0.15, 0.2) is 11.5 Å². The van der Waals surface area contributed by atoms with Gasteiger partial charge in [0.25, 0.3) is 0 Å². The number of rotatable bonds is 10. The Hall–Kier alpha value is -1.66. The number of ether oxygens (including phenoxy) is 2. The number of thiol groups is 1. The molecule has 1 aromatic rings. The Morgan fingerprint density at radius 2 is 2.00 bits per heavy atom. The number of hydrogen-bond donors (Lipinski definition) is 3. The third-order valence-electron chi connectivity index (χ3n) is 4.80. The first-order valence-corrected chi connectivity index (χ1v) is 10.4. The maximum atomic E-state index is 12.1. The number of hydrogen-bond acceptors (Lipinski definition) is 5. The van der Waals surface area contributed by atoms with E-state index in [1.165, 1.54) is 12.8 Å². The summed E-state index contributed by atoms with van der Waals surface area (Å²) in [5, 5.41) is 6.33. The zero-order valence-corrected chi connectivity index (χ0v) is 17.3. The number of carbonyl (C=O) groups excluding carboxylic acids is 1. The Bertz CT molecular complexity index is 613. The van der Waals surface area contributed by atoms with Crippen molar-refractivity contribution in [3.8, 4) is 11.5 Å². The molecule has 0 heterocycles. The molecule has 0 aliphatic heterocycles. The summed E-state index contributed by atoms with van der Waals surface area (Å²) in [6.45, 7) is 4.44. The fourth-order valence-corrected chi connectivity index (χ4v) is 3.33. The first-order chi connectivity index (χ1) is 13.1. The number of nitrogens with one attached hydrogen (secondary N) is 2. The van der Waals surface area contributed by atoms with Crippen LogP contribution in [0.4, 0.5) is 0 Å². The normalized spacial score (nSPS) is 19.8. The first kappa shape index (κ1) is 21.6. The van der Waals surface area contributed by atoms with Crippen LogP contribution in [-0.2, 0) is 4.79 Å². The Morgan fingerprint density at radius 1 is 1.22 bits per heavy atom. The highest BCUT2D eigenvalue weighted by Gasteiger charge is 2.18. The van der Waals surface area contributed by atoms with Gasteiger partial charge in [-0.2, -0.15) is 12.6 Å². The van der Waals surface area contributed by atoms with Crippen LogP contribution in [0.1, 0.15) is 38.2 Å². The zero-order chi connectivity index (χ0) is 19.5. The van der Waals surface area contributed by atoms with Crippen LogP contribution in [0.3, 0.4) is 0 Å². The molecule has 1 aromatic carbocycles. The highest BCUT2D eigenvalue weighted by atomic mass is 32.1. The van der Waals surface area contributed by atoms with Gasteiger partial charge < -0.3 is 20.1 Å². The van der Waals surface area contributed by atoms with Crippen LogP contribution in [0.5, 0.6) is 11.5 Å². The molecule has 1 fully saturated rings. The third-order valence-corrected chi connectivity index (χ3v) is 5.03. The molecule has 1 aliphatic carbocycles. The van der Waals surface area contributed by atoms with Gasteiger partial charge in [-0.1, -0.05) is 13.0 Å². The van der Waals surface area contributed by atoms with Crippen LogP contribution >= 0.6 is 12.6 Å². The largest absolute Gasteiger partial charge is 0.493 e. The van der Waals surface area contributed by atoms with Crippen molar-refractivity contribution in [2.24, 2.45) is 5.92 Å². The molecule has 0 unspecified atom stereocenters. The number of carbonyl (C=O) groups is 1. The lowest BCUT2D eigenvalue weighted by Crippen LogP contribution is -2.36. The molecule has 0 atom stereocenters. The number of methoxy groups -OCH3 is 1. The van der Waals surface area contributed by atoms with Crippen molar-refractivity contribution in [1.29, 1.82) is 0 Å². The Morgan fingerprint density at radius 3 is 2.70 bits per heavy atom. The molecule has 6 heteroatoms. The molecule has 0 spiro atoms. The summed E-state index contributed by atoms with van der Waals surface area (Å²) in [7, 11) is 1.62. The van der Waals surface area contributed by atoms with Gasteiger partial charge >= 0.3 is 0 Å². The zero-order valence-electron chi connectivity index (χ0n) is 16.4. The molecular formula is C21H32N2O3S. The highest BCUT2D eigenvalue weighted by molar-refractivity contribution is 7.80. The quantitative estimate of drug-likeness (QED) is 0.325. The van der Waals surface area contributed by atoms with Gasteiger partial charge in [-0.25, -0.2) is 0 Å². The molecule has 150 valence electrons. The Labute approximate surface area is 168 Å². The highest BCUT2D eigenvalue weighted by Crippen LogP contribution is 2.28. The topological polar surface area (TPSA) is 59.6 Å². The van der Waals surface area contributed by atoms with E-state index in [9.17, 15) is 4.79 Å². The molecule has 27 heavy (non-hydrogen) atoms. The molecule has 1 saturated carbocycles. The summed E-state index contributed by atoms with van der Waals surface area (Å²) < 4.78 is 11.2. The molecule has 0 saturated heterocycles. The van der Waals surface area contributed by atoms with E-state index >= 15 is 0 Å². The molecule has 2 rings (SSSR count). The minimum Gasteiger partial charge on any atom is -0.493 e. The van der Waals surface area contributed by atoms with E-state index in [0.717, 1.165) is 43.2 Å². The van der Waals surface area contributed by atoms with Crippen LogP contribution in [-0.4, -0.2) is 44.5 Å². The predicted molar refractivity (Wildman–Crippen MR) is 114 cm³/mol. The summed E-state index contributed by atoms with van der Waals surface area (Å²) in [6.07, 6.45) is 7.93. The van der Waals surface area contributed by atoms with Crippen molar-refractivity contribution in [3.63, 3.8) is 0 Å². The van der Waals surface area contributed by atoms with E-state index in [1.807, 2.05) is 18.2 Å². The average molecular weight is 393 g/mol. The average Bonchev–Trinajstić information content (AvgIpc) is 2.68. The van der Waals surface area contributed by atoms with Gasteiger partial charge in [-0.3, -0.25) is 4.79 Å². The Kier molecular flexibility index (Phi) is 9.56. The molecule has 1 aliphatic rings. The second kappa shape index (κ2) is 11.9. The van der Waals surface area contributed by atoms with E-state index in [-0.39, 0.29) is 5.91 Å². The second-order valence-electron chi connectivity index (χ2n) is 7.03. The van der Waals surface area contributed by atoms with E-state index in [1.54, 1.807) is 19.3 Å². The summed E-state index contributed by atoms with van der Waals surface area (Å²) in [6, 6.07) is 5.98. The minimum atomic E-state index is -0.0379. The van der Waals surface area contributed by atoms with Crippen LogP contribution < -0.4 is 20.1 Å². The van der Waals surface area contributed by atoms with Crippen LogP contribution in [0.2, 0.25) is 0 Å². The van der Waals surface area contributed by atoms with Crippen LogP contribution in [0.25, 0.3) is 6.08 Å². The fraction of sp³-hybridized carbons (Fsp3) is 0.571. The van der Waals surface area contributed by atoms with Crippen molar-refractivity contribution in [3.05, 3.63) is 29.8 Å². The molecule has 0 radical (unpaired) electrons. The SMILES string of the molecule is COc1cc(/C=C/C(=O)NC2CCC(C)CC2)ccc1OCCNCCS. The lowest BCUT2D eigenvalue weighted by atomic mass is 9.87. The van der Waals surface area contributed by atoms with Gasteiger partial charge in [-0.15, -0.1) is 0 Å². The smallest absolute Gasteiger partial charge is 0.244 e. The summed E-state index contributed by atoms with van der Waals surface area (Å²) in [5.41, 5.74) is 0.903. The van der Waals surface area contributed by atoms with Crippen LogP contribution in [0.15, 0.2) is 24.3 Å². The first-order valence-electron chi connectivity index (χ1n) is 9.73. The predicted octanol–water partition coefficient (Wildman–Crippen LogP) is 3.30. The van der Waals surface area contributed by atoms with Gasteiger partial charge in [0, 0.05) is 31.0 Å². The monoisotopic (exact) mass is 392 g/mol. The molecule has 0 bridgehead atoms. The van der Waals surface area contributed by atoms with E-state index < -0.39 is 0 Å². The van der Waals surface area contributed by atoms with Gasteiger partial charge in [0.05, 0.1) is 7.11 Å². The van der Waals surface area contributed by atoms with Gasteiger partial charge in [0.2, 0.25) is 5.91 Å².